The molecule has 7 heteroatoms. The number of H-pyrrole nitrogens is 1. The highest BCUT2D eigenvalue weighted by Crippen LogP contribution is 2.44. The predicted octanol–water partition coefficient (Wildman–Crippen LogP) is 2.34. The van der Waals surface area contributed by atoms with Crippen LogP contribution in [-0.4, -0.2) is 60.2 Å². The van der Waals surface area contributed by atoms with Gasteiger partial charge in [-0.05, 0) is 62.8 Å². The summed E-state index contributed by atoms with van der Waals surface area (Å²) in [4.78, 5) is 37.9. The van der Waals surface area contributed by atoms with Gasteiger partial charge in [0, 0.05) is 42.7 Å². The molecule has 1 N–H and O–H groups in total. The summed E-state index contributed by atoms with van der Waals surface area (Å²) in [5.41, 5.74) is 4.81. The van der Waals surface area contributed by atoms with Gasteiger partial charge in [0.2, 0.25) is 5.95 Å². The Morgan fingerprint density at radius 2 is 1.81 bits per heavy atom. The first-order valence-electron chi connectivity index (χ1n) is 11.3. The van der Waals surface area contributed by atoms with Gasteiger partial charge in [-0.3, -0.25) is 14.6 Å². The van der Waals surface area contributed by atoms with E-state index < -0.39 is 0 Å². The molecule has 1 aromatic heterocycles. The van der Waals surface area contributed by atoms with E-state index in [1.807, 2.05) is 30.0 Å². The van der Waals surface area contributed by atoms with Gasteiger partial charge in [-0.25, -0.2) is 4.98 Å². The fraction of sp³-hybridized carbons (Fsp3) is 0.542. The van der Waals surface area contributed by atoms with E-state index in [1.54, 1.807) is 0 Å². The molecule has 0 bridgehead atoms. The Balaban J connectivity index is 1.36. The summed E-state index contributed by atoms with van der Waals surface area (Å²) >= 11 is 0. The Morgan fingerprint density at radius 1 is 1.06 bits per heavy atom. The maximum Gasteiger partial charge on any atom is 0.255 e. The van der Waals surface area contributed by atoms with Gasteiger partial charge in [0.15, 0.2) is 0 Å². The van der Waals surface area contributed by atoms with Gasteiger partial charge >= 0.3 is 0 Å². The summed E-state index contributed by atoms with van der Waals surface area (Å²) < 4.78 is 5.44. The van der Waals surface area contributed by atoms with Gasteiger partial charge in [-0.15, -0.1) is 0 Å². The minimum Gasteiger partial charge on any atom is -0.378 e. The van der Waals surface area contributed by atoms with Crippen molar-refractivity contribution in [1.29, 1.82) is 0 Å². The van der Waals surface area contributed by atoms with Crippen LogP contribution < -0.4 is 10.5 Å². The molecule has 2 fully saturated rings. The Morgan fingerprint density at radius 3 is 2.52 bits per heavy atom. The van der Waals surface area contributed by atoms with Crippen LogP contribution in [0.3, 0.4) is 0 Å². The smallest absolute Gasteiger partial charge is 0.255 e. The number of morpholine rings is 1. The summed E-state index contributed by atoms with van der Waals surface area (Å²) in [6.45, 7) is 8.30. The zero-order valence-electron chi connectivity index (χ0n) is 18.4. The topological polar surface area (TPSA) is 78.5 Å². The van der Waals surface area contributed by atoms with Crippen LogP contribution in [0.2, 0.25) is 0 Å². The summed E-state index contributed by atoms with van der Waals surface area (Å²) in [6, 6.07) is 5.93. The number of aromatic amines is 1. The lowest BCUT2D eigenvalue weighted by molar-refractivity contribution is 0.0663. The number of benzene rings is 1. The number of likely N-dealkylation sites (tertiary alicyclic amines) is 1. The van der Waals surface area contributed by atoms with Crippen molar-refractivity contribution in [3.63, 3.8) is 0 Å². The minimum atomic E-state index is -0.0927. The maximum absolute atomic E-state index is 13.1. The van der Waals surface area contributed by atoms with E-state index in [-0.39, 0.29) is 16.9 Å². The number of fused-ring (bicyclic) bond motifs is 2. The van der Waals surface area contributed by atoms with Gasteiger partial charge in [-0.1, -0.05) is 6.07 Å². The molecule has 0 unspecified atom stereocenters. The van der Waals surface area contributed by atoms with E-state index in [9.17, 15) is 9.59 Å². The third-order valence-corrected chi connectivity index (χ3v) is 7.43. The number of rotatable bonds is 2. The van der Waals surface area contributed by atoms with Gasteiger partial charge < -0.3 is 14.5 Å². The molecule has 1 aliphatic carbocycles. The van der Waals surface area contributed by atoms with Crippen molar-refractivity contribution < 1.29 is 9.53 Å². The van der Waals surface area contributed by atoms with Crippen LogP contribution in [0, 0.1) is 13.8 Å². The van der Waals surface area contributed by atoms with Crippen molar-refractivity contribution in [2.24, 2.45) is 0 Å². The van der Waals surface area contributed by atoms with Crippen LogP contribution in [0.5, 0.6) is 0 Å². The number of anilines is 1. The highest BCUT2D eigenvalue weighted by Gasteiger charge is 2.45. The van der Waals surface area contributed by atoms with Crippen molar-refractivity contribution >= 4 is 11.9 Å². The molecule has 2 saturated heterocycles. The van der Waals surface area contributed by atoms with Crippen LogP contribution >= 0.6 is 0 Å². The van der Waals surface area contributed by atoms with Crippen molar-refractivity contribution in [1.82, 2.24) is 14.9 Å². The number of nitrogens with zero attached hydrogens (tertiary/aromatic N) is 3. The highest BCUT2D eigenvalue weighted by atomic mass is 16.5. The van der Waals surface area contributed by atoms with E-state index in [0.717, 1.165) is 61.2 Å². The number of ether oxygens (including phenoxy) is 1. The second-order valence-electron chi connectivity index (χ2n) is 9.19. The number of nitrogens with one attached hydrogen (secondary N) is 1. The lowest BCUT2D eigenvalue weighted by atomic mass is 9.76. The molecule has 1 aromatic carbocycles. The summed E-state index contributed by atoms with van der Waals surface area (Å²) in [5, 5.41) is 0. The first-order valence-corrected chi connectivity index (χ1v) is 11.3. The molecule has 31 heavy (non-hydrogen) atoms. The number of amides is 1. The van der Waals surface area contributed by atoms with Gasteiger partial charge in [-0.2, -0.15) is 0 Å². The van der Waals surface area contributed by atoms with Crippen LogP contribution in [-0.2, 0) is 16.6 Å². The SMILES string of the molecule is Cc1ccc(C(=O)N2CCC3(CCc4c3nc(N3CCOCC3)[nH]c4=O)CC2)cc1C. The summed E-state index contributed by atoms with van der Waals surface area (Å²) in [5.74, 6) is 0.769. The zero-order chi connectivity index (χ0) is 21.6. The standard InChI is InChI=1S/C24H30N4O3/c1-16-3-4-18(15-17(16)2)22(30)27-9-7-24(8-10-27)6-5-19-20(24)25-23(26-21(19)29)28-11-13-31-14-12-28/h3-4,15H,5-14H2,1-2H3,(H,25,26,29). The first kappa shape index (κ1) is 20.2. The van der Waals surface area contributed by atoms with Gasteiger partial charge in [0.25, 0.3) is 11.5 Å². The Kier molecular flexibility index (Phi) is 5.08. The van der Waals surface area contributed by atoms with Crippen molar-refractivity contribution in [2.75, 3.05) is 44.3 Å². The molecular weight excluding hydrogens is 392 g/mol. The van der Waals surface area contributed by atoms with E-state index in [4.69, 9.17) is 9.72 Å². The summed E-state index contributed by atoms with van der Waals surface area (Å²) in [6.07, 6.45) is 3.42. The molecule has 3 aliphatic rings. The molecule has 2 aliphatic heterocycles. The number of hydrogen-bond donors (Lipinski definition) is 1. The number of hydrogen-bond acceptors (Lipinski definition) is 5. The molecular formula is C24H30N4O3. The molecule has 3 heterocycles. The van der Waals surface area contributed by atoms with E-state index in [1.165, 1.54) is 5.56 Å². The van der Waals surface area contributed by atoms with Crippen LogP contribution in [0.25, 0.3) is 0 Å². The zero-order valence-corrected chi connectivity index (χ0v) is 18.4. The van der Waals surface area contributed by atoms with Crippen LogP contribution in [0.1, 0.15) is 52.0 Å². The molecule has 2 aromatic rings. The predicted molar refractivity (Wildman–Crippen MR) is 119 cm³/mol. The van der Waals surface area contributed by atoms with Crippen LogP contribution in [0.15, 0.2) is 23.0 Å². The molecule has 0 atom stereocenters. The molecule has 7 nitrogen and oxygen atoms in total. The first-order chi connectivity index (χ1) is 15.0. The molecule has 0 radical (unpaired) electrons. The number of carbonyl (C=O) groups is 1. The lowest BCUT2D eigenvalue weighted by Crippen LogP contribution is -2.45. The molecule has 1 amide bonds. The second kappa shape index (κ2) is 7.79. The number of aryl methyl sites for hydroxylation is 2. The Labute approximate surface area is 182 Å². The average molecular weight is 423 g/mol. The second-order valence-corrected chi connectivity index (χ2v) is 9.19. The monoisotopic (exact) mass is 422 g/mol. The highest BCUT2D eigenvalue weighted by molar-refractivity contribution is 5.94. The third kappa shape index (κ3) is 3.55. The fourth-order valence-corrected chi connectivity index (χ4v) is 5.25. The van der Waals surface area contributed by atoms with Crippen LogP contribution in [0.4, 0.5) is 5.95 Å². The average Bonchev–Trinajstić information content (AvgIpc) is 3.15. The fourth-order valence-electron chi connectivity index (χ4n) is 5.25. The summed E-state index contributed by atoms with van der Waals surface area (Å²) in [7, 11) is 0. The van der Waals surface area contributed by atoms with E-state index in [2.05, 4.69) is 16.8 Å². The minimum absolute atomic E-state index is 0.00277. The maximum atomic E-state index is 13.1. The molecule has 1 spiro atoms. The Bertz CT molecular complexity index is 1060. The number of carbonyl (C=O) groups excluding carboxylic acids is 1. The normalized spacial score (nSPS) is 20.2. The molecule has 0 saturated carbocycles. The number of piperidine rings is 1. The third-order valence-electron chi connectivity index (χ3n) is 7.43. The van der Waals surface area contributed by atoms with E-state index in [0.29, 0.717) is 32.3 Å². The van der Waals surface area contributed by atoms with Crippen molar-refractivity contribution in [3.8, 4) is 0 Å². The molecule has 164 valence electrons. The largest absolute Gasteiger partial charge is 0.378 e. The lowest BCUT2D eigenvalue weighted by Gasteiger charge is -2.39. The quantitative estimate of drug-likeness (QED) is 0.804. The van der Waals surface area contributed by atoms with Gasteiger partial charge in [0.05, 0.1) is 18.9 Å². The van der Waals surface area contributed by atoms with Crippen molar-refractivity contribution in [3.05, 3.63) is 56.5 Å². The van der Waals surface area contributed by atoms with Gasteiger partial charge in [0.1, 0.15) is 0 Å². The van der Waals surface area contributed by atoms with E-state index >= 15 is 0 Å². The molecule has 5 rings (SSSR count). The number of aromatic nitrogens is 2. The Hall–Kier alpha value is -2.67. The van der Waals surface area contributed by atoms with Crippen molar-refractivity contribution in [2.45, 2.75) is 44.9 Å².